The zero-order valence-corrected chi connectivity index (χ0v) is 18.3. The molecule has 1 aliphatic heterocycles. The molecule has 5 rings (SSSR count). The summed E-state index contributed by atoms with van der Waals surface area (Å²) in [5.41, 5.74) is 1.31. The minimum absolute atomic E-state index is 0.146. The Hall–Kier alpha value is -4.05. The number of carboxylic acid groups (broad SMARTS) is 1. The van der Waals surface area contributed by atoms with Gasteiger partial charge in [0.15, 0.2) is 5.82 Å². The van der Waals surface area contributed by atoms with Crippen LogP contribution in [0.5, 0.6) is 5.75 Å². The van der Waals surface area contributed by atoms with Gasteiger partial charge in [-0.15, -0.1) is 5.10 Å². The molecule has 1 amide bonds. The lowest BCUT2D eigenvalue weighted by molar-refractivity contribution is -0.303. The lowest BCUT2D eigenvalue weighted by Crippen LogP contribution is -2.40. The van der Waals surface area contributed by atoms with Gasteiger partial charge >= 0.3 is 0 Å². The molecule has 0 aliphatic carbocycles. The maximum atomic E-state index is 13.1. The van der Waals surface area contributed by atoms with Crippen LogP contribution in [0, 0.1) is 0 Å². The van der Waals surface area contributed by atoms with Gasteiger partial charge in [0.25, 0.3) is 11.5 Å². The number of carbonyl (C=O) groups excluding carboxylic acids is 2. The largest absolute Gasteiger partial charge is 0.548 e. The van der Waals surface area contributed by atoms with Gasteiger partial charge in [0.2, 0.25) is 4.96 Å². The number of fused-ring (bicyclic) bond motifs is 2. The second kappa shape index (κ2) is 8.14. The van der Waals surface area contributed by atoms with Crippen LogP contribution in [0.4, 0.5) is 5.69 Å². The van der Waals surface area contributed by atoms with Gasteiger partial charge in [-0.25, -0.2) is 0 Å². The molecule has 1 aliphatic rings. The molecule has 166 valence electrons. The van der Waals surface area contributed by atoms with Crippen LogP contribution in [-0.2, 0) is 9.59 Å². The molecule has 0 N–H and O–H groups in total. The van der Waals surface area contributed by atoms with E-state index >= 15 is 0 Å². The number of hydrogen-bond donors (Lipinski definition) is 0. The number of aliphatic carboxylic acids is 1. The molecule has 4 aromatic rings. The van der Waals surface area contributed by atoms with Crippen molar-refractivity contribution in [3.63, 3.8) is 0 Å². The minimum atomic E-state index is -1.39. The average Bonchev–Trinajstić information content (AvgIpc) is 3.44. The Labute approximate surface area is 191 Å². The van der Waals surface area contributed by atoms with Gasteiger partial charge in [0.05, 0.1) is 30.4 Å². The number of amides is 1. The summed E-state index contributed by atoms with van der Waals surface area (Å²) in [7, 11) is 0. The molecule has 0 bridgehead atoms. The molecule has 0 atom stereocenters. The monoisotopic (exact) mass is 461 g/mol. The van der Waals surface area contributed by atoms with Crippen LogP contribution in [0.3, 0.4) is 0 Å². The van der Waals surface area contributed by atoms with E-state index in [0.717, 1.165) is 34.0 Å². The number of para-hydroxylation sites is 1. The van der Waals surface area contributed by atoms with Crippen molar-refractivity contribution >= 4 is 39.4 Å². The van der Waals surface area contributed by atoms with Crippen LogP contribution in [0.2, 0.25) is 0 Å². The van der Waals surface area contributed by atoms with Crippen molar-refractivity contribution in [2.45, 2.75) is 13.3 Å². The highest BCUT2D eigenvalue weighted by molar-refractivity contribution is 7.15. The highest BCUT2D eigenvalue weighted by Gasteiger charge is 2.34. The fraction of sp³-hybridized carbons (Fsp3) is 0.174. The predicted molar refractivity (Wildman–Crippen MR) is 120 cm³/mol. The molecule has 0 fully saturated rings. The lowest BCUT2D eigenvalue weighted by atomic mass is 10.1. The van der Waals surface area contributed by atoms with Crippen LogP contribution < -0.4 is 24.8 Å². The molecule has 0 spiro atoms. The Morgan fingerprint density at radius 1 is 1.12 bits per heavy atom. The maximum Gasteiger partial charge on any atom is 0.291 e. The van der Waals surface area contributed by atoms with Crippen molar-refractivity contribution < 1.29 is 19.4 Å². The van der Waals surface area contributed by atoms with Crippen molar-refractivity contribution in [2.75, 3.05) is 18.1 Å². The fourth-order valence-corrected chi connectivity index (χ4v) is 4.71. The van der Waals surface area contributed by atoms with E-state index in [2.05, 4.69) is 10.1 Å². The summed E-state index contributed by atoms with van der Waals surface area (Å²) in [6, 6.07) is 14.0. The zero-order valence-electron chi connectivity index (χ0n) is 17.5. The third kappa shape index (κ3) is 3.54. The second-order valence-corrected chi connectivity index (χ2v) is 8.37. The Bertz CT molecular complexity index is 1510. The van der Waals surface area contributed by atoms with Gasteiger partial charge in [-0.3, -0.25) is 9.59 Å². The standard InChI is InChI=1S/C23H18N4O5S/c1-2-11-32-14-9-7-13(8-10-14)20-24-23-27(25-20)22(31)19(33-23)18-15-5-3-4-6-16(15)26(21(18)30)12-17(28)29/h3-10H,2,11-12H2,1H3,(H,28,29)/p-1/b19-18-. The molecule has 2 aromatic carbocycles. The number of hydrogen-bond acceptors (Lipinski definition) is 8. The highest BCUT2D eigenvalue weighted by Crippen LogP contribution is 2.34. The van der Waals surface area contributed by atoms with E-state index < -0.39 is 24.0 Å². The summed E-state index contributed by atoms with van der Waals surface area (Å²) < 4.78 is 6.91. The van der Waals surface area contributed by atoms with E-state index in [1.165, 1.54) is 4.52 Å². The topological polar surface area (TPSA) is 117 Å². The quantitative estimate of drug-likeness (QED) is 0.413. The third-order valence-corrected chi connectivity index (χ3v) is 6.21. The van der Waals surface area contributed by atoms with E-state index in [0.29, 0.717) is 28.6 Å². The minimum Gasteiger partial charge on any atom is -0.548 e. The van der Waals surface area contributed by atoms with Gasteiger partial charge in [0.1, 0.15) is 10.3 Å². The SMILES string of the molecule is CCCOc1ccc(-c2nc3s/c(=C4\C(=O)N(CC(=O)[O-])c5ccccc54)c(=O)n3n2)cc1. The summed E-state index contributed by atoms with van der Waals surface area (Å²) in [5.74, 6) is -0.830. The normalized spacial score (nSPS) is 14.7. The van der Waals surface area contributed by atoms with Gasteiger partial charge < -0.3 is 19.5 Å². The van der Waals surface area contributed by atoms with Crippen LogP contribution in [0.15, 0.2) is 53.3 Å². The first-order valence-corrected chi connectivity index (χ1v) is 11.1. The van der Waals surface area contributed by atoms with E-state index in [-0.39, 0.29) is 10.1 Å². The van der Waals surface area contributed by atoms with Gasteiger partial charge in [0, 0.05) is 11.1 Å². The number of carboxylic acids is 1. The summed E-state index contributed by atoms with van der Waals surface area (Å²) in [4.78, 5) is 43.3. The van der Waals surface area contributed by atoms with Crippen molar-refractivity contribution in [3.8, 4) is 17.1 Å². The molecule has 9 nitrogen and oxygen atoms in total. The Kier molecular flexibility index (Phi) is 5.14. The van der Waals surface area contributed by atoms with Crippen LogP contribution in [0.1, 0.15) is 18.9 Å². The summed E-state index contributed by atoms with van der Waals surface area (Å²) in [6.45, 7) is 2.05. The molecule has 3 heterocycles. The van der Waals surface area contributed by atoms with E-state index in [1.807, 2.05) is 31.2 Å². The predicted octanol–water partition coefficient (Wildman–Crippen LogP) is 0.621. The summed E-state index contributed by atoms with van der Waals surface area (Å²) in [5, 5.41) is 15.5. The first-order chi connectivity index (χ1) is 16.0. The van der Waals surface area contributed by atoms with Crippen LogP contribution in [0.25, 0.3) is 21.9 Å². The second-order valence-electron chi connectivity index (χ2n) is 7.39. The Morgan fingerprint density at radius 3 is 2.58 bits per heavy atom. The summed E-state index contributed by atoms with van der Waals surface area (Å²) in [6.07, 6.45) is 0.909. The van der Waals surface area contributed by atoms with E-state index in [9.17, 15) is 19.5 Å². The number of carbonyl (C=O) groups is 2. The van der Waals surface area contributed by atoms with Crippen molar-refractivity contribution in [2.24, 2.45) is 0 Å². The molecule has 0 saturated heterocycles. The van der Waals surface area contributed by atoms with Crippen molar-refractivity contribution in [3.05, 3.63) is 69.0 Å². The zero-order chi connectivity index (χ0) is 23.1. The maximum absolute atomic E-state index is 13.1. The smallest absolute Gasteiger partial charge is 0.291 e. The van der Waals surface area contributed by atoms with Gasteiger partial charge in [-0.1, -0.05) is 36.5 Å². The number of rotatable bonds is 6. The van der Waals surface area contributed by atoms with Gasteiger partial charge in [-0.05, 0) is 36.8 Å². The average molecular weight is 461 g/mol. The Morgan fingerprint density at radius 2 is 1.88 bits per heavy atom. The highest BCUT2D eigenvalue weighted by atomic mass is 32.1. The van der Waals surface area contributed by atoms with Crippen LogP contribution in [-0.4, -0.2) is 39.6 Å². The number of thiazole rings is 1. The fourth-order valence-electron chi connectivity index (χ4n) is 3.71. The number of aromatic nitrogens is 3. The first kappa shape index (κ1) is 20.8. The molecule has 2 aromatic heterocycles. The first-order valence-electron chi connectivity index (χ1n) is 10.3. The van der Waals surface area contributed by atoms with E-state index in [1.54, 1.807) is 24.3 Å². The lowest BCUT2D eigenvalue weighted by Gasteiger charge is -2.17. The molecular weight excluding hydrogens is 444 g/mol. The molecular formula is C23H17N4O5S-. The molecule has 0 radical (unpaired) electrons. The number of benzene rings is 2. The van der Waals surface area contributed by atoms with E-state index in [4.69, 9.17) is 4.74 Å². The third-order valence-electron chi connectivity index (χ3n) is 5.18. The Balaban J connectivity index is 1.59. The number of ether oxygens (including phenoxy) is 1. The molecule has 10 heteroatoms. The van der Waals surface area contributed by atoms with Gasteiger partial charge in [-0.2, -0.15) is 9.50 Å². The van der Waals surface area contributed by atoms with Crippen LogP contribution >= 0.6 is 11.3 Å². The number of anilines is 1. The van der Waals surface area contributed by atoms with Crippen molar-refractivity contribution in [1.29, 1.82) is 0 Å². The number of nitrogens with zero attached hydrogens (tertiary/aromatic N) is 4. The molecule has 0 unspecified atom stereocenters. The molecule has 0 saturated carbocycles. The molecule has 33 heavy (non-hydrogen) atoms. The summed E-state index contributed by atoms with van der Waals surface area (Å²) >= 11 is 1.04. The van der Waals surface area contributed by atoms with Crippen molar-refractivity contribution in [1.82, 2.24) is 14.6 Å².